The van der Waals surface area contributed by atoms with Crippen LogP contribution in [0, 0.1) is 6.92 Å². The Labute approximate surface area is 129 Å². The van der Waals surface area contributed by atoms with Crippen LogP contribution in [-0.4, -0.2) is 9.38 Å². The highest BCUT2D eigenvalue weighted by molar-refractivity contribution is 5.80. The average molecular weight is 284 g/mol. The third kappa shape index (κ3) is 2.19. The van der Waals surface area contributed by atoms with Crippen molar-refractivity contribution >= 4 is 5.65 Å². The summed E-state index contributed by atoms with van der Waals surface area (Å²) in [5, 5.41) is 0. The van der Waals surface area contributed by atoms with Gasteiger partial charge in [-0.3, -0.25) is 0 Å². The molecule has 0 spiro atoms. The third-order valence-electron chi connectivity index (χ3n) is 3.84. The van der Waals surface area contributed by atoms with Crippen molar-refractivity contribution in [2.24, 2.45) is 0 Å². The van der Waals surface area contributed by atoms with Gasteiger partial charge in [0.1, 0.15) is 5.65 Å². The predicted molar refractivity (Wildman–Crippen MR) is 90.8 cm³/mol. The summed E-state index contributed by atoms with van der Waals surface area (Å²) in [6.07, 6.45) is 4.23. The van der Waals surface area contributed by atoms with E-state index in [2.05, 4.69) is 66.2 Å². The zero-order chi connectivity index (χ0) is 14.9. The van der Waals surface area contributed by atoms with Crippen LogP contribution >= 0.6 is 0 Å². The summed E-state index contributed by atoms with van der Waals surface area (Å²) in [5.41, 5.74) is 6.73. The highest BCUT2D eigenvalue weighted by Gasteiger charge is 2.10. The Balaban J connectivity index is 1.97. The predicted octanol–water partition coefficient (Wildman–Crippen LogP) is 4.98. The minimum atomic E-state index is 0.996. The van der Waals surface area contributed by atoms with Crippen molar-refractivity contribution in [2.75, 3.05) is 0 Å². The molecule has 0 aliphatic rings. The normalized spacial score (nSPS) is 11.0. The van der Waals surface area contributed by atoms with Gasteiger partial charge in [-0.1, -0.05) is 60.7 Å². The van der Waals surface area contributed by atoms with Gasteiger partial charge in [0, 0.05) is 23.5 Å². The molecule has 2 nitrogen and oxygen atoms in total. The Morgan fingerprint density at radius 3 is 2.09 bits per heavy atom. The summed E-state index contributed by atoms with van der Waals surface area (Å²) in [7, 11) is 0. The molecular weight excluding hydrogens is 268 g/mol. The molecule has 4 aromatic rings. The summed E-state index contributed by atoms with van der Waals surface area (Å²) < 4.78 is 2.12. The lowest BCUT2D eigenvalue weighted by atomic mass is 10.1. The average Bonchev–Trinajstić information content (AvgIpc) is 2.99. The van der Waals surface area contributed by atoms with E-state index in [9.17, 15) is 0 Å². The summed E-state index contributed by atoms with van der Waals surface area (Å²) in [6.45, 7) is 2.12. The molecule has 0 aliphatic heterocycles. The zero-order valence-corrected chi connectivity index (χ0v) is 12.4. The summed E-state index contributed by atoms with van der Waals surface area (Å²) in [5.74, 6) is 0. The number of pyridine rings is 1. The van der Waals surface area contributed by atoms with Crippen LogP contribution in [0.25, 0.3) is 28.0 Å². The number of imidazole rings is 1. The van der Waals surface area contributed by atoms with Gasteiger partial charge in [0.05, 0.1) is 5.69 Å². The first-order chi connectivity index (χ1) is 10.8. The van der Waals surface area contributed by atoms with E-state index in [-0.39, 0.29) is 0 Å². The standard InChI is InChI=1S/C20H16N2/c1-15-12-18(16-8-4-2-5-9-16)20-21-19(14-22(20)13-15)17-10-6-3-7-11-17/h2-14H,1H3. The fourth-order valence-corrected chi connectivity index (χ4v) is 2.82. The minimum absolute atomic E-state index is 0.996. The van der Waals surface area contributed by atoms with Gasteiger partial charge >= 0.3 is 0 Å². The number of hydrogen-bond acceptors (Lipinski definition) is 1. The second-order valence-electron chi connectivity index (χ2n) is 5.52. The van der Waals surface area contributed by atoms with Crippen molar-refractivity contribution in [3.05, 3.63) is 84.7 Å². The molecule has 0 atom stereocenters. The Morgan fingerprint density at radius 2 is 1.41 bits per heavy atom. The molecule has 0 saturated carbocycles. The lowest BCUT2D eigenvalue weighted by Gasteiger charge is -2.05. The molecule has 2 heteroatoms. The number of nitrogens with zero attached hydrogens (tertiary/aromatic N) is 2. The number of rotatable bonds is 2. The first-order valence-electron chi connectivity index (χ1n) is 7.41. The molecule has 106 valence electrons. The van der Waals surface area contributed by atoms with Crippen molar-refractivity contribution in [2.45, 2.75) is 6.92 Å². The van der Waals surface area contributed by atoms with E-state index in [1.54, 1.807) is 0 Å². The van der Waals surface area contributed by atoms with Gasteiger partial charge < -0.3 is 4.40 Å². The summed E-state index contributed by atoms with van der Waals surface area (Å²) in [6, 6.07) is 22.9. The van der Waals surface area contributed by atoms with Crippen molar-refractivity contribution < 1.29 is 0 Å². The molecule has 0 bridgehead atoms. The molecule has 0 fully saturated rings. The monoisotopic (exact) mass is 284 g/mol. The van der Waals surface area contributed by atoms with Crippen molar-refractivity contribution in [3.8, 4) is 22.4 Å². The molecule has 2 heterocycles. The Kier molecular flexibility index (Phi) is 3.01. The summed E-state index contributed by atoms with van der Waals surface area (Å²) in [4.78, 5) is 4.86. The van der Waals surface area contributed by atoms with Crippen LogP contribution in [0.5, 0.6) is 0 Å². The molecule has 0 radical (unpaired) electrons. The molecule has 0 saturated heterocycles. The van der Waals surface area contributed by atoms with Crippen LogP contribution in [0.2, 0.25) is 0 Å². The van der Waals surface area contributed by atoms with E-state index < -0.39 is 0 Å². The van der Waals surface area contributed by atoms with E-state index in [1.807, 2.05) is 24.3 Å². The Bertz CT molecular complexity index is 922. The lowest BCUT2D eigenvalue weighted by Crippen LogP contribution is -1.89. The molecule has 2 aromatic carbocycles. The molecule has 2 aromatic heterocycles. The van der Waals surface area contributed by atoms with Gasteiger partial charge in [-0.25, -0.2) is 4.98 Å². The Hall–Kier alpha value is -2.87. The zero-order valence-electron chi connectivity index (χ0n) is 12.4. The van der Waals surface area contributed by atoms with E-state index >= 15 is 0 Å². The van der Waals surface area contributed by atoms with Crippen molar-refractivity contribution in [3.63, 3.8) is 0 Å². The number of hydrogen-bond donors (Lipinski definition) is 0. The molecule has 0 unspecified atom stereocenters. The number of aromatic nitrogens is 2. The third-order valence-corrected chi connectivity index (χ3v) is 3.84. The van der Waals surface area contributed by atoms with Gasteiger partial charge in [-0.2, -0.15) is 0 Å². The van der Waals surface area contributed by atoms with Gasteiger partial charge in [-0.15, -0.1) is 0 Å². The van der Waals surface area contributed by atoms with Gasteiger partial charge in [0.15, 0.2) is 0 Å². The fraction of sp³-hybridized carbons (Fsp3) is 0.0500. The maximum absolute atomic E-state index is 4.86. The Morgan fingerprint density at radius 1 is 0.773 bits per heavy atom. The highest BCUT2D eigenvalue weighted by atomic mass is 15.0. The topological polar surface area (TPSA) is 17.3 Å². The second-order valence-corrected chi connectivity index (χ2v) is 5.52. The van der Waals surface area contributed by atoms with E-state index in [4.69, 9.17) is 4.98 Å². The molecule has 4 rings (SSSR count). The van der Waals surface area contributed by atoms with Crippen LogP contribution < -0.4 is 0 Å². The molecular formula is C20H16N2. The first-order valence-corrected chi connectivity index (χ1v) is 7.41. The van der Waals surface area contributed by atoms with Gasteiger partial charge in [0.25, 0.3) is 0 Å². The van der Waals surface area contributed by atoms with Gasteiger partial charge in [0.2, 0.25) is 0 Å². The maximum atomic E-state index is 4.86. The van der Waals surface area contributed by atoms with Crippen LogP contribution in [0.4, 0.5) is 0 Å². The van der Waals surface area contributed by atoms with Crippen LogP contribution in [0.15, 0.2) is 79.1 Å². The first kappa shape index (κ1) is 12.8. The number of fused-ring (bicyclic) bond motifs is 1. The quantitative estimate of drug-likeness (QED) is 0.507. The molecule has 22 heavy (non-hydrogen) atoms. The molecule has 0 N–H and O–H groups in total. The van der Waals surface area contributed by atoms with Gasteiger partial charge in [-0.05, 0) is 24.1 Å². The van der Waals surface area contributed by atoms with Crippen LogP contribution in [0.1, 0.15) is 5.56 Å². The van der Waals surface area contributed by atoms with Crippen molar-refractivity contribution in [1.29, 1.82) is 0 Å². The fourth-order valence-electron chi connectivity index (χ4n) is 2.82. The number of aryl methyl sites for hydroxylation is 1. The second kappa shape index (κ2) is 5.15. The largest absolute Gasteiger partial charge is 0.306 e. The van der Waals surface area contributed by atoms with E-state index in [0.29, 0.717) is 0 Å². The smallest absolute Gasteiger partial charge is 0.145 e. The van der Waals surface area contributed by atoms with Crippen molar-refractivity contribution in [1.82, 2.24) is 9.38 Å². The van der Waals surface area contributed by atoms with Crippen LogP contribution in [-0.2, 0) is 0 Å². The van der Waals surface area contributed by atoms with E-state index in [1.165, 1.54) is 16.7 Å². The number of benzene rings is 2. The highest BCUT2D eigenvalue weighted by Crippen LogP contribution is 2.28. The lowest BCUT2D eigenvalue weighted by molar-refractivity contribution is 1.16. The van der Waals surface area contributed by atoms with E-state index in [0.717, 1.165) is 16.9 Å². The van der Waals surface area contributed by atoms with Crippen LogP contribution in [0.3, 0.4) is 0 Å². The maximum Gasteiger partial charge on any atom is 0.145 e. The molecule has 0 aliphatic carbocycles. The SMILES string of the molecule is Cc1cc(-c2ccccc2)c2nc(-c3ccccc3)cn2c1. The summed E-state index contributed by atoms with van der Waals surface area (Å²) >= 11 is 0. The molecule has 0 amide bonds. The minimum Gasteiger partial charge on any atom is -0.306 e.